The molecule has 2 heterocycles. The van der Waals surface area contributed by atoms with Crippen molar-refractivity contribution in [1.29, 1.82) is 0 Å². The second kappa shape index (κ2) is 6.32. The van der Waals surface area contributed by atoms with Gasteiger partial charge in [-0.25, -0.2) is 4.68 Å². The molecule has 22 heavy (non-hydrogen) atoms. The quantitative estimate of drug-likeness (QED) is 0.836. The molecule has 7 heteroatoms. The smallest absolute Gasteiger partial charge is 0.314 e. The molecule has 1 aliphatic rings. The lowest BCUT2D eigenvalue weighted by molar-refractivity contribution is -0.136. The van der Waals surface area contributed by atoms with Gasteiger partial charge in [-0.3, -0.25) is 9.59 Å². The summed E-state index contributed by atoms with van der Waals surface area (Å²) in [5.41, 5.74) is 1.77. The van der Waals surface area contributed by atoms with Crippen LogP contribution in [-0.4, -0.2) is 27.6 Å². The molecule has 2 rings (SSSR count). The van der Waals surface area contributed by atoms with Crippen molar-refractivity contribution in [3.63, 3.8) is 0 Å². The van der Waals surface area contributed by atoms with E-state index in [1.54, 1.807) is 11.8 Å². The molecule has 1 aromatic rings. The highest BCUT2D eigenvalue weighted by Crippen LogP contribution is 2.37. The first-order chi connectivity index (χ1) is 10.2. The van der Waals surface area contributed by atoms with E-state index in [0.29, 0.717) is 5.82 Å². The molecule has 0 bridgehead atoms. The van der Waals surface area contributed by atoms with Gasteiger partial charge < -0.3 is 10.6 Å². The Morgan fingerprint density at radius 2 is 2.00 bits per heavy atom. The number of carbonyl (C=O) groups excluding carboxylic acids is 2. The molecule has 0 spiro atoms. The van der Waals surface area contributed by atoms with E-state index in [1.165, 1.54) is 0 Å². The topological polar surface area (TPSA) is 76.0 Å². The van der Waals surface area contributed by atoms with Gasteiger partial charge in [0.05, 0.1) is 11.2 Å². The van der Waals surface area contributed by atoms with Crippen molar-refractivity contribution in [1.82, 2.24) is 15.1 Å². The molecule has 1 atom stereocenters. The van der Waals surface area contributed by atoms with E-state index in [0.717, 1.165) is 29.2 Å². The number of rotatable bonds is 3. The van der Waals surface area contributed by atoms with Gasteiger partial charge in [0.1, 0.15) is 5.82 Å². The van der Waals surface area contributed by atoms with Crippen LogP contribution in [0, 0.1) is 0 Å². The van der Waals surface area contributed by atoms with Crippen LogP contribution in [0.4, 0.5) is 5.82 Å². The predicted molar refractivity (Wildman–Crippen MR) is 88.7 cm³/mol. The van der Waals surface area contributed by atoms with Gasteiger partial charge in [0.25, 0.3) is 0 Å². The number of hydrogen-bond donors (Lipinski definition) is 2. The van der Waals surface area contributed by atoms with Gasteiger partial charge in [-0.15, -0.1) is 0 Å². The Labute approximate surface area is 135 Å². The average molecular weight is 324 g/mol. The number of carbonyl (C=O) groups is 2. The van der Waals surface area contributed by atoms with Crippen LogP contribution in [0.25, 0.3) is 0 Å². The molecule has 1 aromatic heterocycles. The summed E-state index contributed by atoms with van der Waals surface area (Å²) in [4.78, 5) is 24.1. The van der Waals surface area contributed by atoms with Crippen LogP contribution in [0.3, 0.4) is 0 Å². The van der Waals surface area contributed by atoms with E-state index in [2.05, 4.69) is 15.7 Å². The van der Waals surface area contributed by atoms with E-state index in [9.17, 15) is 9.59 Å². The Morgan fingerprint density at radius 1 is 1.32 bits per heavy atom. The van der Waals surface area contributed by atoms with Crippen molar-refractivity contribution < 1.29 is 9.59 Å². The van der Waals surface area contributed by atoms with Crippen molar-refractivity contribution in [3.05, 3.63) is 11.3 Å². The fourth-order valence-corrected chi connectivity index (χ4v) is 3.22. The molecule has 0 saturated heterocycles. The number of nitrogens with one attached hydrogen (secondary N) is 2. The van der Waals surface area contributed by atoms with Gasteiger partial charge in [0.2, 0.25) is 0 Å². The van der Waals surface area contributed by atoms with Gasteiger partial charge in [-0.1, -0.05) is 6.92 Å². The van der Waals surface area contributed by atoms with E-state index in [1.807, 2.05) is 39.3 Å². The number of thioether (sulfide) groups is 1. The highest BCUT2D eigenvalue weighted by molar-refractivity contribution is 7.98. The van der Waals surface area contributed by atoms with Gasteiger partial charge in [-0.05, 0) is 34.1 Å². The minimum Gasteiger partial charge on any atom is -0.345 e. The molecule has 0 aromatic carbocycles. The molecule has 0 radical (unpaired) electrons. The van der Waals surface area contributed by atoms with Crippen molar-refractivity contribution in [2.24, 2.45) is 0 Å². The fourth-order valence-electron chi connectivity index (χ4n) is 2.18. The monoisotopic (exact) mass is 324 g/mol. The maximum Gasteiger partial charge on any atom is 0.314 e. The molecule has 2 N–H and O–H groups in total. The lowest BCUT2D eigenvalue weighted by Crippen LogP contribution is -2.41. The Morgan fingerprint density at radius 3 is 2.59 bits per heavy atom. The number of fused-ring (bicyclic) bond motifs is 1. The third-order valence-electron chi connectivity index (χ3n) is 3.62. The van der Waals surface area contributed by atoms with Crippen LogP contribution in [0.2, 0.25) is 0 Å². The summed E-state index contributed by atoms with van der Waals surface area (Å²) in [6.45, 7) is 9.91. The van der Waals surface area contributed by atoms with Crippen molar-refractivity contribution >= 4 is 29.4 Å². The van der Waals surface area contributed by atoms with E-state index in [4.69, 9.17) is 0 Å². The number of hydrogen-bond acceptors (Lipinski definition) is 4. The van der Waals surface area contributed by atoms with Crippen LogP contribution in [-0.2, 0) is 26.6 Å². The third-order valence-corrected chi connectivity index (χ3v) is 4.59. The highest BCUT2D eigenvalue weighted by Gasteiger charge is 2.30. The zero-order chi connectivity index (χ0) is 16.5. The molecule has 2 amide bonds. The summed E-state index contributed by atoms with van der Waals surface area (Å²) >= 11 is 1.77. The lowest BCUT2D eigenvalue weighted by Gasteiger charge is -2.23. The largest absolute Gasteiger partial charge is 0.345 e. The molecule has 0 saturated carbocycles. The Balaban J connectivity index is 2.22. The zero-order valence-corrected chi connectivity index (χ0v) is 14.6. The molecule has 6 nitrogen and oxygen atoms in total. The normalized spacial score (nSPS) is 15.3. The van der Waals surface area contributed by atoms with Crippen LogP contribution in [0.15, 0.2) is 0 Å². The van der Waals surface area contributed by atoms with Crippen molar-refractivity contribution in [3.8, 4) is 0 Å². The van der Waals surface area contributed by atoms with Crippen LogP contribution >= 0.6 is 11.8 Å². The van der Waals surface area contributed by atoms with Gasteiger partial charge in [-0.2, -0.15) is 16.9 Å². The van der Waals surface area contributed by atoms with Crippen LogP contribution < -0.4 is 10.6 Å². The van der Waals surface area contributed by atoms with Crippen LogP contribution in [0.5, 0.6) is 0 Å². The maximum atomic E-state index is 12.2. The second-order valence-electron chi connectivity index (χ2n) is 6.59. The Hall–Kier alpha value is -1.50. The van der Waals surface area contributed by atoms with Gasteiger partial charge in [0, 0.05) is 23.1 Å². The van der Waals surface area contributed by atoms with E-state index in [-0.39, 0.29) is 11.6 Å². The Bertz CT molecular complexity index is 589. The van der Waals surface area contributed by atoms with Gasteiger partial charge >= 0.3 is 11.8 Å². The first-order valence-electron chi connectivity index (χ1n) is 7.54. The minimum absolute atomic E-state index is 0.0213. The summed E-state index contributed by atoms with van der Waals surface area (Å²) in [5.74, 6) is 1.08. The van der Waals surface area contributed by atoms with Crippen molar-refractivity contribution in [2.75, 3.05) is 5.32 Å². The summed E-state index contributed by atoms with van der Waals surface area (Å²) < 4.78 is 1.81. The fraction of sp³-hybridized carbons (Fsp3) is 0.667. The van der Waals surface area contributed by atoms with Gasteiger partial charge in [0.15, 0.2) is 0 Å². The minimum atomic E-state index is -0.634. The number of aromatic nitrogens is 2. The van der Waals surface area contributed by atoms with E-state index < -0.39 is 11.8 Å². The standard InChI is InChI=1S/C15H24N4O2S/c1-6-9(2)16-13(20)14(21)17-12-10-7-22-8-11(10)18-19(12)15(3,4)5/h9H,6-8H2,1-5H3,(H,16,20)(H,17,21). The molecule has 0 aliphatic carbocycles. The summed E-state index contributed by atoms with van der Waals surface area (Å²) in [6, 6.07) is -0.0213. The number of anilines is 1. The average Bonchev–Trinajstić information content (AvgIpc) is 3.00. The van der Waals surface area contributed by atoms with Crippen LogP contribution in [0.1, 0.15) is 52.3 Å². The van der Waals surface area contributed by atoms with Crippen molar-refractivity contribution in [2.45, 2.75) is 64.1 Å². The molecular weight excluding hydrogens is 300 g/mol. The molecule has 1 unspecified atom stereocenters. The highest BCUT2D eigenvalue weighted by atomic mass is 32.2. The number of amides is 2. The van der Waals surface area contributed by atoms with E-state index >= 15 is 0 Å². The first-order valence-corrected chi connectivity index (χ1v) is 8.70. The second-order valence-corrected chi connectivity index (χ2v) is 7.57. The third kappa shape index (κ3) is 3.45. The lowest BCUT2D eigenvalue weighted by atomic mass is 10.1. The predicted octanol–water partition coefficient (Wildman–Crippen LogP) is 2.24. The SMILES string of the molecule is CCC(C)NC(=O)C(=O)Nc1c2c(nn1C(C)(C)C)CSC2. The number of nitrogens with zero attached hydrogens (tertiary/aromatic N) is 2. The summed E-state index contributed by atoms with van der Waals surface area (Å²) in [6.07, 6.45) is 0.783. The Kier molecular flexibility index (Phi) is 4.84. The molecule has 0 fully saturated rings. The molecular formula is C15H24N4O2S. The molecule has 122 valence electrons. The summed E-state index contributed by atoms with van der Waals surface area (Å²) in [5, 5.41) is 10.0. The molecule has 1 aliphatic heterocycles. The summed E-state index contributed by atoms with van der Waals surface area (Å²) in [7, 11) is 0. The first kappa shape index (κ1) is 16.9. The maximum absolute atomic E-state index is 12.2. The zero-order valence-electron chi connectivity index (χ0n) is 13.8.